The lowest BCUT2D eigenvalue weighted by Crippen LogP contribution is -3.12. The van der Waals surface area contributed by atoms with Crippen LogP contribution in [0.2, 0.25) is 0 Å². The summed E-state index contributed by atoms with van der Waals surface area (Å²) in [7, 11) is 0. The summed E-state index contributed by atoms with van der Waals surface area (Å²) in [6.45, 7) is 7.96. The molecule has 150 valence electrons. The van der Waals surface area contributed by atoms with Gasteiger partial charge in [-0.15, -0.1) is 0 Å². The van der Waals surface area contributed by atoms with E-state index in [1.165, 1.54) is 4.90 Å². The van der Waals surface area contributed by atoms with Crippen LogP contribution in [-0.2, 0) is 0 Å². The predicted molar refractivity (Wildman–Crippen MR) is 118 cm³/mol. The van der Waals surface area contributed by atoms with Gasteiger partial charge < -0.3 is 15.5 Å². The van der Waals surface area contributed by atoms with Crippen LogP contribution in [0.5, 0.6) is 0 Å². The Hall–Kier alpha value is -3.18. The van der Waals surface area contributed by atoms with Gasteiger partial charge in [-0.2, -0.15) is 0 Å². The van der Waals surface area contributed by atoms with Gasteiger partial charge in [0.2, 0.25) is 0 Å². The van der Waals surface area contributed by atoms with E-state index in [1.807, 2.05) is 42.5 Å². The molecule has 0 saturated heterocycles. The molecule has 2 amide bonds. The van der Waals surface area contributed by atoms with Gasteiger partial charge in [-0.1, -0.05) is 30.3 Å². The molecule has 3 aromatic rings. The highest BCUT2D eigenvalue weighted by Crippen LogP contribution is 2.17. The molecule has 3 N–H and O–H groups in total. The first kappa shape index (κ1) is 20.6. The molecule has 0 spiro atoms. The second kappa shape index (κ2) is 9.85. The number of carbonyl (C=O) groups excluding carboxylic acids is 2. The predicted octanol–water partition coefficient (Wildman–Crippen LogP) is 2.75. The van der Waals surface area contributed by atoms with Gasteiger partial charge in [-0.05, 0) is 61.0 Å². The average Bonchev–Trinajstić information content (AvgIpc) is 2.76. The monoisotopic (exact) mass is 390 g/mol. The number of amides is 2. The number of nitrogens with one attached hydrogen (secondary N) is 3. The van der Waals surface area contributed by atoms with Crippen molar-refractivity contribution < 1.29 is 14.5 Å². The number of hydrogen-bond acceptors (Lipinski definition) is 2. The maximum atomic E-state index is 12.5. The lowest BCUT2D eigenvalue weighted by atomic mass is 10.1. The molecular formula is C24H28N3O2+. The average molecular weight is 391 g/mol. The number of anilines is 1. The highest BCUT2D eigenvalue weighted by atomic mass is 16.2. The van der Waals surface area contributed by atoms with Gasteiger partial charge in [-0.25, -0.2) is 0 Å². The summed E-state index contributed by atoms with van der Waals surface area (Å²) in [5.74, 6) is -0.265. The van der Waals surface area contributed by atoms with Crippen LogP contribution in [0.1, 0.15) is 34.6 Å². The van der Waals surface area contributed by atoms with Gasteiger partial charge >= 0.3 is 0 Å². The Bertz CT molecular complexity index is 979. The Balaban J connectivity index is 1.58. The molecule has 0 aromatic heterocycles. The number of carbonyl (C=O) groups is 2. The first-order chi connectivity index (χ1) is 14.1. The number of benzene rings is 3. The Kier molecular flexibility index (Phi) is 6.98. The van der Waals surface area contributed by atoms with Gasteiger partial charge in [-0.3, -0.25) is 9.59 Å². The fourth-order valence-electron chi connectivity index (χ4n) is 3.30. The van der Waals surface area contributed by atoms with Crippen molar-refractivity contribution in [3.63, 3.8) is 0 Å². The quantitative estimate of drug-likeness (QED) is 0.554. The second-order valence-electron chi connectivity index (χ2n) is 7.06. The van der Waals surface area contributed by atoms with Crippen molar-refractivity contribution in [3.8, 4) is 0 Å². The Morgan fingerprint density at radius 2 is 1.45 bits per heavy atom. The van der Waals surface area contributed by atoms with E-state index in [4.69, 9.17) is 0 Å². The lowest BCUT2D eigenvalue weighted by Gasteiger charge is -2.15. The molecule has 0 saturated carbocycles. The van der Waals surface area contributed by atoms with Gasteiger partial charge in [0.05, 0.1) is 26.2 Å². The number of fused-ring (bicyclic) bond motifs is 1. The zero-order valence-corrected chi connectivity index (χ0v) is 17.0. The highest BCUT2D eigenvalue weighted by Gasteiger charge is 2.10. The van der Waals surface area contributed by atoms with Gasteiger partial charge in [0, 0.05) is 16.8 Å². The fraction of sp³-hybridized carbons (Fsp3) is 0.250. The molecule has 0 aliphatic heterocycles. The molecule has 0 unspecified atom stereocenters. The standard InChI is InChI=1S/C24H27N3O2/c1-3-27(4-2)16-15-25-23(28)19-11-13-22(14-12-19)26-24(29)21-10-9-18-7-5-6-8-20(18)17-21/h5-14,17H,3-4,15-16H2,1-2H3,(H,25,28)(H,26,29)/p+1. The van der Waals surface area contributed by atoms with E-state index >= 15 is 0 Å². The first-order valence-electron chi connectivity index (χ1n) is 10.1. The molecule has 0 bridgehead atoms. The smallest absolute Gasteiger partial charge is 0.255 e. The fourth-order valence-corrected chi connectivity index (χ4v) is 3.30. The van der Waals surface area contributed by atoms with E-state index in [0.717, 1.165) is 30.4 Å². The van der Waals surface area contributed by atoms with Crippen LogP contribution >= 0.6 is 0 Å². The van der Waals surface area contributed by atoms with E-state index in [9.17, 15) is 9.59 Å². The van der Waals surface area contributed by atoms with Crippen LogP contribution < -0.4 is 15.5 Å². The number of hydrogen-bond donors (Lipinski definition) is 3. The molecule has 3 rings (SSSR count). The van der Waals surface area contributed by atoms with Gasteiger partial charge in [0.15, 0.2) is 0 Å². The van der Waals surface area contributed by atoms with E-state index in [2.05, 4.69) is 24.5 Å². The van der Waals surface area contributed by atoms with Crippen LogP contribution in [0.25, 0.3) is 10.8 Å². The summed E-state index contributed by atoms with van der Waals surface area (Å²) in [4.78, 5) is 26.3. The minimum absolute atomic E-state index is 0.0936. The number of likely N-dealkylation sites (N-methyl/N-ethyl adjacent to an activating group) is 1. The largest absolute Gasteiger partial charge is 0.346 e. The molecule has 29 heavy (non-hydrogen) atoms. The second-order valence-corrected chi connectivity index (χ2v) is 7.06. The van der Waals surface area contributed by atoms with E-state index in [0.29, 0.717) is 23.4 Å². The van der Waals surface area contributed by atoms with Crippen molar-refractivity contribution in [3.05, 3.63) is 77.9 Å². The molecule has 0 aliphatic rings. The van der Waals surface area contributed by atoms with Gasteiger partial charge in [0.25, 0.3) is 11.8 Å². The molecule has 0 heterocycles. The minimum atomic E-state index is -0.171. The van der Waals surface area contributed by atoms with Crippen LogP contribution in [-0.4, -0.2) is 38.0 Å². The maximum Gasteiger partial charge on any atom is 0.255 e. The first-order valence-corrected chi connectivity index (χ1v) is 10.1. The lowest BCUT2D eigenvalue weighted by molar-refractivity contribution is -0.895. The van der Waals surface area contributed by atoms with Crippen molar-refractivity contribution in [2.75, 3.05) is 31.5 Å². The zero-order chi connectivity index (χ0) is 20.6. The zero-order valence-electron chi connectivity index (χ0n) is 17.0. The molecule has 0 fully saturated rings. The SMILES string of the molecule is CC[NH+](CC)CCNC(=O)c1ccc(NC(=O)c2ccc3ccccc3c2)cc1. The number of rotatable bonds is 8. The van der Waals surface area contributed by atoms with E-state index in [1.54, 1.807) is 24.3 Å². The Morgan fingerprint density at radius 3 is 2.14 bits per heavy atom. The summed E-state index contributed by atoms with van der Waals surface area (Å²) in [6.07, 6.45) is 0. The third-order valence-electron chi connectivity index (χ3n) is 5.18. The summed E-state index contributed by atoms with van der Waals surface area (Å²) >= 11 is 0. The summed E-state index contributed by atoms with van der Waals surface area (Å²) in [5, 5.41) is 7.97. The number of quaternary nitrogens is 1. The van der Waals surface area contributed by atoms with Crippen LogP contribution in [0.4, 0.5) is 5.69 Å². The molecule has 0 aliphatic carbocycles. The van der Waals surface area contributed by atoms with Crippen LogP contribution in [0.15, 0.2) is 66.7 Å². The van der Waals surface area contributed by atoms with Crippen LogP contribution in [0, 0.1) is 0 Å². The third-order valence-corrected chi connectivity index (χ3v) is 5.18. The molecule has 5 nitrogen and oxygen atoms in total. The topological polar surface area (TPSA) is 62.6 Å². The Morgan fingerprint density at radius 1 is 0.793 bits per heavy atom. The van der Waals surface area contributed by atoms with E-state index < -0.39 is 0 Å². The molecular weight excluding hydrogens is 362 g/mol. The van der Waals surface area contributed by atoms with E-state index in [-0.39, 0.29) is 11.8 Å². The molecule has 0 atom stereocenters. The van der Waals surface area contributed by atoms with Crippen molar-refractivity contribution in [2.24, 2.45) is 0 Å². The van der Waals surface area contributed by atoms with Crippen LogP contribution in [0.3, 0.4) is 0 Å². The van der Waals surface area contributed by atoms with Crippen molar-refractivity contribution in [1.82, 2.24) is 5.32 Å². The minimum Gasteiger partial charge on any atom is -0.346 e. The highest BCUT2D eigenvalue weighted by molar-refractivity contribution is 6.06. The maximum absolute atomic E-state index is 12.5. The normalized spacial score (nSPS) is 10.9. The molecule has 3 aromatic carbocycles. The molecule has 0 radical (unpaired) electrons. The summed E-state index contributed by atoms with van der Waals surface area (Å²) in [6, 6.07) is 20.5. The Labute approximate surface area is 171 Å². The van der Waals surface area contributed by atoms with Crippen molar-refractivity contribution in [2.45, 2.75) is 13.8 Å². The summed E-state index contributed by atoms with van der Waals surface area (Å²) < 4.78 is 0. The third kappa shape index (κ3) is 5.42. The van der Waals surface area contributed by atoms with Crippen molar-refractivity contribution in [1.29, 1.82) is 0 Å². The van der Waals surface area contributed by atoms with Crippen molar-refractivity contribution >= 4 is 28.3 Å². The van der Waals surface area contributed by atoms with Gasteiger partial charge in [0.1, 0.15) is 0 Å². The molecule has 5 heteroatoms. The summed E-state index contributed by atoms with van der Waals surface area (Å²) in [5.41, 5.74) is 1.85.